The van der Waals surface area contributed by atoms with Gasteiger partial charge >= 0.3 is 0 Å². The van der Waals surface area contributed by atoms with Gasteiger partial charge in [0.25, 0.3) is 0 Å². The minimum atomic E-state index is -1.03. The van der Waals surface area contributed by atoms with E-state index < -0.39 is 5.54 Å². The van der Waals surface area contributed by atoms with Crippen LogP contribution in [-0.4, -0.2) is 31.4 Å². The van der Waals surface area contributed by atoms with E-state index in [9.17, 15) is 4.79 Å². The van der Waals surface area contributed by atoms with Gasteiger partial charge < -0.3 is 16.0 Å². The number of nitrogens with two attached hydrogens (primary N) is 1. The van der Waals surface area contributed by atoms with Gasteiger partial charge in [-0.1, -0.05) is 36.4 Å². The van der Waals surface area contributed by atoms with Crippen molar-refractivity contribution in [2.45, 2.75) is 18.5 Å². The first-order valence-corrected chi connectivity index (χ1v) is 8.13. The summed E-state index contributed by atoms with van der Waals surface area (Å²) in [4.78, 5) is 15.8. The van der Waals surface area contributed by atoms with Gasteiger partial charge in [-0.15, -0.1) is 11.3 Å². The van der Waals surface area contributed by atoms with Crippen LogP contribution in [0, 0.1) is 0 Å². The van der Waals surface area contributed by atoms with Gasteiger partial charge in [-0.05, 0) is 38.0 Å². The van der Waals surface area contributed by atoms with Crippen LogP contribution in [-0.2, 0) is 10.3 Å². The Morgan fingerprint density at radius 2 is 1.95 bits per heavy atom. The van der Waals surface area contributed by atoms with Gasteiger partial charge in [0.05, 0.1) is 6.04 Å². The molecule has 5 heteroatoms. The van der Waals surface area contributed by atoms with Crippen molar-refractivity contribution in [3.05, 3.63) is 58.3 Å². The highest BCUT2D eigenvalue weighted by atomic mass is 32.1. The average molecular weight is 317 g/mol. The molecule has 0 aliphatic carbocycles. The molecule has 22 heavy (non-hydrogen) atoms. The molecule has 0 aliphatic heterocycles. The number of hydrogen-bond donors (Lipinski definition) is 2. The highest BCUT2D eigenvalue weighted by molar-refractivity contribution is 7.10. The van der Waals surface area contributed by atoms with Crippen molar-refractivity contribution >= 4 is 17.2 Å². The summed E-state index contributed by atoms with van der Waals surface area (Å²) in [7, 11) is 4.02. The summed E-state index contributed by atoms with van der Waals surface area (Å²) in [5.74, 6) is -0.165. The lowest BCUT2D eigenvalue weighted by atomic mass is 9.92. The van der Waals surface area contributed by atoms with Gasteiger partial charge in [0, 0.05) is 11.4 Å². The molecule has 118 valence electrons. The van der Waals surface area contributed by atoms with E-state index in [1.807, 2.05) is 55.9 Å². The molecular formula is C17H23N3OS. The number of rotatable bonds is 6. The van der Waals surface area contributed by atoms with E-state index in [0.29, 0.717) is 6.54 Å². The molecule has 0 radical (unpaired) electrons. The molecule has 0 saturated carbocycles. The Kier molecular flexibility index (Phi) is 5.34. The van der Waals surface area contributed by atoms with E-state index in [1.165, 1.54) is 4.88 Å². The number of likely N-dealkylation sites (N-methyl/N-ethyl adjacent to an activating group) is 1. The Morgan fingerprint density at radius 1 is 1.27 bits per heavy atom. The average Bonchev–Trinajstić information content (AvgIpc) is 3.02. The van der Waals surface area contributed by atoms with Crippen LogP contribution >= 0.6 is 11.3 Å². The largest absolute Gasteiger partial charge is 0.352 e. The van der Waals surface area contributed by atoms with Crippen molar-refractivity contribution in [1.29, 1.82) is 0 Å². The third kappa shape index (κ3) is 3.74. The van der Waals surface area contributed by atoms with Crippen molar-refractivity contribution < 1.29 is 4.79 Å². The Labute approximate surface area is 135 Å². The quantitative estimate of drug-likeness (QED) is 0.860. The lowest BCUT2D eigenvalue weighted by Gasteiger charge is -2.28. The Morgan fingerprint density at radius 3 is 2.50 bits per heavy atom. The standard InChI is InChI=1S/C17H23N3OS/c1-17(18,13-8-5-4-6-9-13)16(21)19-12-14(20(2)3)15-10-7-11-22-15/h4-11,14H,12,18H2,1-3H3,(H,19,21). The van der Waals surface area contributed by atoms with Gasteiger partial charge in [-0.3, -0.25) is 4.79 Å². The zero-order chi connectivity index (χ0) is 16.2. The smallest absolute Gasteiger partial charge is 0.244 e. The molecule has 1 heterocycles. The first-order valence-electron chi connectivity index (χ1n) is 7.25. The number of carbonyl (C=O) groups is 1. The van der Waals surface area contributed by atoms with Gasteiger partial charge in [0.15, 0.2) is 0 Å². The predicted molar refractivity (Wildman–Crippen MR) is 91.7 cm³/mol. The van der Waals surface area contributed by atoms with E-state index in [1.54, 1.807) is 18.3 Å². The number of benzene rings is 1. The summed E-state index contributed by atoms with van der Waals surface area (Å²) in [6.45, 7) is 2.28. The number of amides is 1. The Bertz CT molecular complexity index is 594. The number of thiophene rings is 1. The monoisotopic (exact) mass is 317 g/mol. The third-order valence-electron chi connectivity index (χ3n) is 3.80. The number of nitrogens with one attached hydrogen (secondary N) is 1. The molecule has 0 fully saturated rings. The molecule has 2 unspecified atom stereocenters. The number of carbonyl (C=O) groups excluding carboxylic acids is 1. The normalized spacial score (nSPS) is 15.3. The van der Waals surface area contributed by atoms with Crippen LogP contribution in [0.4, 0.5) is 0 Å². The van der Waals surface area contributed by atoms with Crippen LogP contribution < -0.4 is 11.1 Å². The van der Waals surface area contributed by atoms with E-state index >= 15 is 0 Å². The van der Waals surface area contributed by atoms with Crippen LogP contribution in [0.1, 0.15) is 23.4 Å². The Balaban J connectivity index is 2.05. The van der Waals surface area contributed by atoms with Crippen molar-refractivity contribution in [2.24, 2.45) is 5.73 Å². The van der Waals surface area contributed by atoms with Gasteiger partial charge in [0.2, 0.25) is 5.91 Å². The summed E-state index contributed by atoms with van der Waals surface area (Å²) < 4.78 is 0. The fraction of sp³-hybridized carbons (Fsp3) is 0.353. The summed E-state index contributed by atoms with van der Waals surface area (Å²) in [5.41, 5.74) is 6.02. The summed E-state index contributed by atoms with van der Waals surface area (Å²) in [6, 6.07) is 13.7. The zero-order valence-corrected chi connectivity index (χ0v) is 14.1. The molecule has 0 bridgehead atoms. The fourth-order valence-electron chi connectivity index (χ4n) is 2.31. The molecule has 4 nitrogen and oxygen atoms in total. The maximum atomic E-state index is 12.5. The van der Waals surface area contributed by atoms with Crippen LogP contribution in [0.2, 0.25) is 0 Å². The van der Waals surface area contributed by atoms with Crippen molar-refractivity contribution in [1.82, 2.24) is 10.2 Å². The predicted octanol–water partition coefficient (Wildman–Crippen LogP) is 2.34. The van der Waals surface area contributed by atoms with E-state index in [-0.39, 0.29) is 11.9 Å². The minimum Gasteiger partial charge on any atom is -0.352 e. The molecular weight excluding hydrogens is 294 g/mol. The second-order valence-corrected chi connectivity index (χ2v) is 6.75. The molecule has 1 amide bonds. The molecule has 2 rings (SSSR count). The molecule has 2 atom stereocenters. The maximum absolute atomic E-state index is 12.5. The molecule has 0 saturated heterocycles. The number of nitrogens with zero attached hydrogens (tertiary/aromatic N) is 1. The number of hydrogen-bond acceptors (Lipinski definition) is 4. The second-order valence-electron chi connectivity index (χ2n) is 5.77. The maximum Gasteiger partial charge on any atom is 0.244 e. The third-order valence-corrected chi connectivity index (χ3v) is 4.77. The van der Waals surface area contributed by atoms with Crippen LogP contribution in [0.15, 0.2) is 47.8 Å². The summed E-state index contributed by atoms with van der Waals surface area (Å²) >= 11 is 1.69. The zero-order valence-electron chi connectivity index (χ0n) is 13.2. The van der Waals surface area contributed by atoms with Gasteiger partial charge in [-0.2, -0.15) is 0 Å². The topological polar surface area (TPSA) is 58.4 Å². The summed E-state index contributed by atoms with van der Waals surface area (Å²) in [6.07, 6.45) is 0. The molecule has 1 aromatic carbocycles. The molecule has 1 aromatic heterocycles. The van der Waals surface area contributed by atoms with Crippen LogP contribution in [0.3, 0.4) is 0 Å². The summed E-state index contributed by atoms with van der Waals surface area (Å²) in [5, 5.41) is 5.04. The van der Waals surface area contributed by atoms with Gasteiger partial charge in [0.1, 0.15) is 5.54 Å². The van der Waals surface area contributed by atoms with Crippen molar-refractivity contribution in [3.8, 4) is 0 Å². The molecule has 2 aromatic rings. The first kappa shape index (κ1) is 16.7. The highest BCUT2D eigenvalue weighted by Crippen LogP contribution is 2.23. The van der Waals surface area contributed by atoms with E-state index in [4.69, 9.17) is 5.73 Å². The Hall–Kier alpha value is -1.69. The van der Waals surface area contributed by atoms with Crippen molar-refractivity contribution in [2.75, 3.05) is 20.6 Å². The van der Waals surface area contributed by atoms with Gasteiger partial charge in [-0.25, -0.2) is 0 Å². The van der Waals surface area contributed by atoms with Crippen LogP contribution in [0.25, 0.3) is 0 Å². The fourth-order valence-corrected chi connectivity index (χ4v) is 3.23. The second kappa shape index (κ2) is 7.05. The molecule has 0 aliphatic rings. The molecule has 3 N–H and O–H groups in total. The SMILES string of the molecule is CN(C)C(CNC(=O)C(C)(N)c1ccccc1)c1cccs1. The highest BCUT2D eigenvalue weighted by Gasteiger charge is 2.31. The van der Waals surface area contributed by atoms with E-state index in [0.717, 1.165) is 5.56 Å². The lowest BCUT2D eigenvalue weighted by Crippen LogP contribution is -2.50. The minimum absolute atomic E-state index is 0.149. The lowest BCUT2D eigenvalue weighted by molar-refractivity contribution is -0.126. The molecule has 0 spiro atoms. The first-order chi connectivity index (χ1) is 10.4. The van der Waals surface area contributed by atoms with E-state index in [2.05, 4.69) is 16.3 Å². The van der Waals surface area contributed by atoms with Crippen molar-refractivity contribution in [3.63, 3.8) is 0 Å². The van der Waals surface area contributed by atoms with Crippen LogP contribution in [0.5, 0.6) is 0 Å².